The van der Waals surface area contributed by atoms with E-state index in [1.54, 1.807) is 18.9 Å². The van der Waals surface area contributed by atoms with Crippen molar-refractivity contribution in [3.8, 4) is 0 Å². The van der Waals surface area contributed by atoms with Crippen LogP contribution >= 0.6 is 11.8 Å². The number of hydrogen-bond donors (Lipinski definition) is 1. The molecule has 1 aliphatic rings. The standard InChI is InChI=1S/C20H27N3O2S/c1-14-5-6-15(2)16(11-14)13-26-20-21-18-7-9-23(8-4-10-25-3)12-17(18)19(24)22-20/h5-6,11H,4,7-10,12-13H2,1-3H3,(H,21,22,24). The van der Waals surface area contributed by atoms with Crippen molar-refractivity contribution in [3.63, 3.8) is 0 Å². The van der Waals surface area contributed by atoms with Gasteiger partial charge in [0.1, 0.15) is 0 Å². The van der Waals surface area contributed by atoms with Crippen LogP contribution in [0.1, 0.15) is 34.4 Å². The molecule has 3 rings (SSSR count). The van der Waals surface area contributed by atoms with Crippen molar-refractivity contribution in [1.82, 2.24) is 14.9 Å². The molecule has 1 N–H and O–H groups in total. The van der Waals surface area contributed by atoms with E-state index in [0.29, 0.717) is 6.54 Å². The number of nitrogens with one attached hydrogen (secondary N) is 1. The molecular weight excluding hydrogens is 346 g/mol. The number of H-pyrrole nitrogens is 1. The van der Waals surface area contributed by atoms with E-state index in [2.05, 4.69) is 41.9 Å². The molecule has 1 aliphatic heterocycles. The zero-order valence-corrected chi connectivity index (χ0v) is 16.6. The average molecular weight is 374 g/mol. The number of ether oxygens (including phenoxy) is 1. The first-order chi connectivity index (χ1) is 12.6. The normalized spacial score (nSPS) is 14.4. The Morgan fingerprint density at radius 2 is 2.19 bits per heavy atom. The lowest BCUT2D eigenvalue weighted by Gasteiger charge is -2.27. The maximum Gasteiger partial charge on any atom is 0.256 e. The lowest BCUT2D eigenvalue weighted by Crippen LogP contribution is -2.36. The summed E-state index contributed by atoms with van der Waals surface area (Å²) in [6.45, 7) is 7.57. The molecule has 2 aromatic rings. The summed E-state index contributed by atoms with van der Waals surface area (Å²) in [6, 6.07) is 6.48. The lowest BCUT2D eigenvalue weighted by atomic mass is 10.1. The Hall–Kier alpha value is -1.63. The van der Waals surface area contributed by atoms with Gasteiger partial charge in [0.2, 0.25) is 0 Å². The second kappa shape index (κ2) is 8.84. The zero-order chi connectivity index (χ0) is 18.5. The number of nitrogens with zero attached hydrogens (tertiary/aromatic N) is 2. The molecule has 0 saturated carbocycles. The van der Waals surface area contributed by atoms with Crippen LogP contribution in [-0.2, 0) is 23.5 Å². The van der Waals surface area contributed by atoms with Crippen LogP contribution in [0.4, 0.5) is 0 Å². The van der Waals surface area contributed by atoms with Crippen LogP contribution in [0.5, 0.6) is 0 Å². The number of aryl methyl sites for hydroxylation is 2. The largest absolute Gasteiger partial charge is 0.385 e. The Morgan fingerprint density at radius 1 is 1.35 bits per heavy atom. The van der Waals surface area contributed by atoms with Crippen LogP contribution in [-0.4, -0.2) is 41.7 Å². The minimum absolute atomic E-state index is 0.00917. The molecule has 2 heterocycles. The molecule has 0 radical (unpaired) electrons. The minimum Gasteiger partial charge on any atom is -0.385 e. The Morgan fingerprint density at radius 3 is 3.00 bits per heavy atom. The van der Waals surface area contributed by atoms with Gasteiger partial charge in [-0.1, -0.05) is 35.5 Å². The van der Waals surface area contributed by atoms with E-state index in [1.807, 2.05) is 0 Å². The van der Waals surface area contributed by atoms with Crippen molar-refractivity contribution < 1.29 is 4.74 Å². The summed E-state index contributed by atoms with van der Waals surface area (Å²) in [5.41, 5.74) is 5.61. The molecule has 0 bridgehead atoms. The molecule has 0 amide bonds. The topological polar surface area (TPSA) is 58.2 Å². The molecule has 140 valence electrons. The van der Waals surface area contributed by atoms with Crippen molar-refractivity contribution in [2.45, 2.75) is 44.1 Å². The molecule has 6 heteroatoms. The quantitative estimate of drug-likeness (QED) is 0.459. The maximum atomic E-state index is 12.5. The van der Waals surface area contributed by atoms with Crippen molar-refractivity contribution >= 4 is 11.8 Å². The van der Waals surface area contributed by atoms with E-state index >= 15 is 0 Å². The van der Waals surface area contributed by atoms with Crippen molar-refractivity contribution in [1.29, 1.82) is 0 Å². The van der Waals surface area contributed by atoms with Crippen LogP contribution in [0.3, 0.4) is 0 Å². The van der Waals surface area contributed by atoms with Crippen LogP contribution in [0.15, 0.2) is 28.2 Å². The van der Waals surface area contributed by atoms with Crippen molar-refractivity contribution in [2.24, 2.45) is 0 Å². The fraction of sp³-hybridized carbons (Fsp3) is 0.500. The van der Waals surface area contributed by atoms with Gasteiger partial charge in [0.25, 0.3) is 5.56 Å². The van der Waals surface area contributed by atoms with E-state index in [4.69, 9.17) is 9.72 Å². The van der Waals surface area contributed by atoms with Crippen molar-refractivity contribution in [3.05, 3.63) is 56.5 Å². The number of aromatic nitrogens is 2. The fourth-order valence-corrected chi connectivity index (χ4v) is 4.19. The third-order valence-electron chi connectivity index (χ3n) is 4.82. The summed E-state index contributed by atoms with van der Waals surface area (Å²) in [5.74, 6) is 0.818. The molecule has 0 saturated heterocycles. The van der Waals surface area contributed by atoms with Crippen LogP contribution in [0.2, 0.25) is 0 Å². The van der Waals surface area contributed by atoms with Gasteiger partial charge in [-0.2, -0.15) is 0 Å². The number of thioether (sulfide) groups is 1. The number of hydrogen-bond acceptors (Lipinski definition) is 5. The van der Waals surface area contributed by atoms with Gasteiger partial charge in [0, 0.05) is 45.5 Å². The van der Waals surface area contributed by atoms with E-state index in [9.17, 15) is 4.79 Å². The van der Waals surface area contributed by atoms with Crippen LogP contribution in [0.25, 0.3) is 0 Å². The molecule has 5 nitrogen and oxygen atoms in total. The van der Waals surface area contributed by atoms with Gasteiger partial charge in [-0.15, -0.1) is 0 Å². The van der Waals surface area contributed by atoms with E-state index in [0.717, 1.165) is 54.7 Å². The first-order valence-corrected chi connectivity index (χ1v) is 10.1. The predicted molar refractivity (Wildman–Crippen MR) is 106 cm³/mol. The second-order valence-corrected chi connectivity index (χ2v) is 7.85. The third-order valence-corrected chi connectivity index (χ3v) is 5.74. The van der Waals surface area contributed by atoms with Gasteiger partial charge in [0.05, 0.1) is 11.3 Å². The molecule has 0 atom stereocenters. The molecule has 0 unspecified atom stereocenters. The lowest BCUT2D eigenvalue weighted by molar-refractivity contribution is 0.166. The highest BCUT2D eigenvalue weighted by Gasteiger charge is 2.21. The summed E-state index contributed by atoms with van der Waals surface area (Å²) in [5, 5.41) is 0.725. The summed E-state index contributed by atoms with van der Waals surface area (Å²) in [7, 11) is 1.72. The summed E-state index contributed by atoms with van der Waals surface area (Å²) >= 11 is 1.60. The number of benzene rings is 1. The summed E-state index contributed by atoms with van der Waals surface area (Å²) in [4.78, 5) is 22.5. The molecule has 0 aliphatic carbocycles. The molecule has 0 spiro atoms. The van der Waals surface area contributed by atoms with Gasteiger partial charge >= 0.3 is 0 Å². The first-order valence-electron chi connectivity index (χ1n) is 9.09. The number of methoxy groups -OCH3 is 1. The van der Waals surface area contributed by atoms with E-state index in [-0.39, 0.29) is 5.56 Å². The highest BCUT2D eigenvalue weighted by Crippen LogP contribution is 2.23. The van der Waals surface area contributed by atoms with Gasteiger partial charge in [-0.3, -0.25) is 9.69 Å². The molecule has 0 fully saturated rings. The Balaban J connectivity index is 1.68. The highest BCUT2D eigenvalue weighted by molar-refractivity contribution is 7.98. The Labute approximate surface area is 159 Å². The van der Waals surface area contributed by atoms with E-state index in [1.165, 1.54) is 16.7 Å². The van der Waals surface area contributed by atoms with Gasteiger partial charge in [-0.25, -0.2) is 4.98 Å². The second-order valence-electron chi connectivity index (χ2n) is 6.89. The molecule has 1 aromatic carbocycles. The average Bonchev–Trinajstić information content (AvgIpc) is 2.63. The third kappa shape index (κ3) is 4.75. The first kappa shape index (κ1) is 19.1. The molecule has 26 heavy (non-hydrogen) atoms. The Kier molecular flexibility index (Phi) is 6.51. The predicted octanol–water partition coefficient (Wildman–Crippen LogP) is 3.07. The summed E-state index contributed by atoms with van der Waals surface area (Å²) < 4.78 is 5.11. The Bertz CT molecular complexity index is 819. The van der Waals surface area contributed by atoms with Crippen LogP contribution < -0.4 is 5.56 Å². The molecule has 1 aromatic heterocycles. The number of rotatable bonds is 7. The number of aromatic amines is 1. The SMILES string of the molecule is COCCCN1CCc2nc(SCc3cc(C)ccc3C)[nH]c(=O)c2C1. The smallest absolute Gasteiger partial charge is 0.256 e. The van der Waals surface area contributed by atoms with Crippen molar-refractivity contribution in [2.75, 3.05) is 26.8 Å². The maximum absolute atomic E-state index is 12.5. The van der Waals surface area contributed by atoms with Gasteiger partial charge in [-0.05, 0) is 31.4 Å². The fourth-order valence-electron chi connectivity index (χ4n) is 3.25. The zero-order valence-electron chi connectivity index (χ0n) is 15.8. The van der Waals surface area contributed by atoms with E-state index < -0.39 is 0 Å². The summed E-state index contributed by atoms with van der Waals surface area (Å²) in [6.07, 6.45) is 1.82. The van der Waals surface area contributed by atoms with Gasteiger partial charge in [0.15, 0.2) is 5.16 Å². The van der Waals surface area contributed by atoms with Gasteiger partial charge < -0.3 is 9.72 Å². The monoisotopic (exact) mass is 373 g/mol. The highest BCUT2D eigenvalue weighted by atomic mass is 32.2. The minimum atomic E-state index is 0.00917. The van der Waals surface area contributed by atoms with Crippen LogP contribution in [0, 0.1) is 13.8 Å². The number of fused-ring (bicyclic) bond motifs is 1. The molecular formula is C20H27N3O2S.